The summed E-state index contributed by atoms with van der Waals surface area (Å²) in [5.41, 5.74) is 2.37. The van der Waals surface area contributed by atoms with Crippen molar-refractivity contribution in [1.29, 1.82) is 0 Å². The average Bonchev–Trinajstić information content (AvgIpc) is 3.11. The van der Waals surface area contributed by atoms with Crippen molar-refractivity contribution in [3.63, 3.8) is 0 Å². The Bertz CT molecular complexity index is 622. The van der Waals surface area contributed by atoms with E-state index in [0.29, 0.717) is 0 Å². The molecule has 2 aromatic heterocycles. The lowest BCUT2D eigenvalue weighted by atomic mass is 9.94. The van der Waals surface area contributed by atoms with E-state index in [9.17, 15) is 0 Å². The molecule has 2 saturated carbocycles. The van der Waals surface area contributed by atoms with Crippen LogP contribution in [0, 0.1) is 0 Å². The highest BCUT2D eigenvalue weighted by atomic mass is 32.1. The highest BCUT2D eigenvalue weighted by Crippen LogP contribution is 2.35. The second-order valence-electron chi connectivity index (χ2n) is 6.74. The van der Waals surface area contributed by atoms with Crippen LogP contribution in [0.5, 0.6) is 0 Å². The van der Waals surface area contributed by atoms with Crippen molar-refractivity contribution in [1.82, 2.24) is 19.7 Å². The van der Waals surface area contributed by atoms with E-state index in [0.717, 1.165) is 29.2 Å². The molecule has 5 heteroatoms. The first-order valence-corrected chi connectivity index (χ1v) is 9.37. The van der Waals surface area contributed by atoms with Crippen molar-refractivity contribution in [3.05, 3.63) is 23.5 Å². The lowest BCUT2D eigenvalue weighted by Gasteiger charge is -2.34. The third-order valence-electron chi connectivity index (χ3n) is 4.91. The molecule has 22 heavy (non-hydrogen) atoms. The van der Waals surface area contributed by atoms with Crippen LogP contribution in [-0.2, 0) is 13.6 Å². The normalized spacial score (nSPS) is 19.9. The van der Waals surface area contributed by atoms with E-state index in [4.69, 9.17) is 4.98 Å². The van der Waals surface area contributed by atoms with Gasteiger partial charge in [0.15, 0.2) is 0 Å². The zero-order valence-corrected chi connectivity index (χ0v) is 14.1. The summed E-state index contributed by atoms with van der Waals surface area (Å²) in [6.45, 7) is 1.03. The molecule has 0 spiro atoms. The molecule has 0 N–H and O–H groups in total. The van der Waals surface area contributed by atoms with Crippen LogP contribution in [0.25, 0.3) is 10.6 Å². The topological polar surface area (TPSA) is 34.0 Å². The van der Waals surface area contributed by atoms with Crippen LogP contribution in [0.4, 0.5) is 0 Å². The molecule has 2 heterocycles. The first-order valence-electron chi connectivity index (χ1n) is 8.49. The van der Waals surface area contributed by atoms with E-state index < -0.39 is 0 Å². The van der Waals surface area contributed by atoms with Gasteiger partial charge in [0.05, 0.1) is 11.9 Å². The molecule has 0 unspecified atom stereocenters. The second kappa shape index (κ2) is 6.13. The Morgan fingerprint density at radius 2 is 1.95 bits per heavy atom. The summed E-state index contributed by atoms with van der Waals surface area (Å²) in [6, 6.07) is 1.62. The predicted octanol–water partition coefficient (Wildman–Crippen LogP) is 3.84. The lowest BCUT2D eigenvalue weighted by molar-refractivity contribution is 0.137. The maximum atomic E-state index is 4.86. The third-order valence-corrected chi connectivity index (χ3v) is 5.85. The Morgan fingerprint density at radius 1 is 1.18 bits per heavy atom. The van der Waals surface area contributed by atoms with Crippen molar-refractivity contribution < 1.29 is 0 Å². The number of rotatable bonds is 5. The fourth-order valence-electron chi connectivity index (χ4n) is 3.61. The van der Waals surface area contributed by atoms with Gasteiger partial charge >= 0.3 is 0 Å². The average molecular weight is 316 g/mol. The minimum Gasteiger partial charge on any atom is -0.292 e. The largest absolute Gasteiger partial charge is 0.292 e. The van der Waals surface area contributed by atoms with Crippen molar-refractivity contribution in [3.8, 4) is 10.6 Å². The molecule has 0 atom stereocenters. The quantitative estimate of drug-likeness (QED) is 0.840. The highest BCUT2D eigenvalue weighted by molar-refractivity contribution is 7.13. The van der Waals surface area contributed by atoms with Gasteiger partial charge in [-0.25, -0.2) is 4.98 Å². The summed E-state index contributed by atoms with van der Waals surface area (Å²) in [6.07, 6.45) is 13.7. The summed E-state index contributed by atoms with van der Waals surface area (Å²) in [7, 11) is 1.95. The Kier molecular flexibility index (Phi) is 4.01. The van der Waals surface area contributed by atoms with Gasteiger partial charge in [0, 0.05) is 42.8 Å². The van der Waals surface area contributed by atoms with Gasteiger partial charge < -0.3 is 0 Å². The maximum Gasteiger partial charge on any atom is 0.126 e. The van der Waals surface area contributed by atoms with Gasteiger partial charge in [-0.3, -0.25) is 9.58 Å². The molecule has 2 fully saturated rings. The van der Waals surface area contributed by atoms with Gasteiger partial charge in [0.25, 0.3) is 0 Å². The summed E-state index contributed by atoms with van der Waals surface area (Å²) in [5.74, 6) is 0. The van der Waals surface area contributed by atoms with E-state index in [-0.39, 0.29) is 0 Å². The SMILES string of the molecule is Cn1cc(-c2nc(CN(C3CCCCC3)C3CC3)cs2)cn1. The first-order chi connectivity index (χ1) is 10.8. The minimum absolute atomic E-state index is 0.796. The second-order valence-corrected chi connectivity index (χ2v) is 7.60. The van der Waals surface area contributed by atoms with Gasteiger partial charge in [0.1, 0.15) is 5.01 Å². The van der Waals surface area contributed by atoms with E-state index >= 15 is 0 Å². The van der Waals surface area contributed by atoms with Gasteiger partial charge in [-0.15, -0.1) is 11.3 Å². The molecule has 2 aliphatic carbocycles. The van der Waals surface area contributed by atoms with Gasteiger partial charge in [-0.05, 0) is 25.7 Å². The molecule has 4 rings (SSSR count). The van der Waals surface area contributed by atoms with Crippen LogP contribution in [0.2, 0.25) is 0 Å². The van der Waals surface area contributed by atoms with Crippen molar-refractivity contribution in [2.45, 2.75) is 63.6 Å². The number of hydrogen-bond acceptors (Lipinski definition) is 4. The lowest BCUT2D eigenvalue weighted by Crippen LogP contribution is -2.38. The van der Waals surface area contributed by atoms with Gasteiger partial charge in [-0.2, -0.15) is 5.10 Å². The van der Waals surface area contributed by atoms with Crippen LogP contribution in [0.3, 0.4) is 0 Å². The van der Waals surface area contributed by atoms with E-state index in [1.165, 1.54) is 50.6 Å². The van der Waals surface area contributed by atoms with Gasteiger partial charge in [-0.1, -0.05) is 19.3 Å². The molecule has 0 radical (unpaired) electrons. The number of thiazole rings is 1. The number of aromatic nitrogens is 3. The summed E-state index contributed by atoms with van der Waals surface area (Å²) >= 11 is 1.75. The Hall–Kier alpha value is -1.20. The molecule has 0 saturated heterocycles. The first kappa shape index (κ1) is 14.4. The summed E-state index contributed by atoms with van der Waals surface area (Å²) in [4.78, 5) is 7.61. The standard InChI is InChI=1S/C17H24N4S/c1-20-10-13(9-18-20)17-19-14(12-22-17)11-21(16-7-8-16)15-5-3-2-4-6-15/h9-10,12,15-16H,2-8,11H2,1H3. The molecule has 2 aromatic rings. The van der Waals surface area contributed by atoms with Crippen LogP contribution in [0.15, 0.2) is 17.8 Å². The zero-order chi connectivity index (χ0) is 14.9. The molecular weight excluding hydrogens is 292 g/mol. The summed E-state index contributed by atoms with van der Waals surface area (Å²) < 4.78 is 1.84. The van der Waals surface area contributed by atoms with Crippen molar-refractivity contribution >= 4 is 11.3 Å². The molecule has 118 valence electrons. The van der Waals surface area contributed by atoms with E-state index in [1.807, 2.05) is 24.1 Å². The molecule has 0 amide bonds. The van der Waals surface area contributed by atoms with E-state index in [2.05, 4.69) is 15.4 Å². The van der Waals surface area contributed by atoms with Crippen LogP contribution in [-0.4, -0.2) is 31.7 Å². The molecule has 0 aliphatic heterocycles. The fraction of sp³-hybridized carbons (Fsp3) is 0.647. The predicted molar refractivity (Wildman–Crippen MR) is 89.8 cm³/mol. The zero-order valence-electron chi connectivity index (χ0n) is 13.2. The maximum absolute atomic E-state index is 4.86. The Morgan fingerprint density at radius 3 is 2.64 bits per heavy atom. The number of nitrogens with zero attached hydrogens (tertiary/aromatic N) is 4. The van der Waals surface area contributed by atoms with Crippen molar-refractivity contribution in [2.24, 2.45) is 7.05 Å². The monoisotopic (exact) mass is 316 g/mol. The summed E-state index contributed by atoms with van der Waals surface area (Å²) in [5, 5.41) is 7.58. The van der Waals surface area contributed by atoms with E-state index in [1.54, 1.807) is 11.3 Å². The third kappa shape index (κ3) is 3.10. The fourth-order valence-corrected chi connectivity index (χ4v) is 4.39. The smallest absolute Gasteiger partial charge is 0.126 e. The Labute approximate surface area is 136 Å². The highest BCUT2D eigenvalue weighted by Gasteiger charge is 2.34. The van der Waals surface area contributed by atoms with Crippen molar-refractivity contribution in [2.75, 3.05) is 0 Å². The molecule has 0 aromatic carbocycles. The minimum atomic E-state index is 0.796. The molecule has 0 bridgehead atoms. The van der Waals surface area contributed by atoms with Crippen LogP contribution in [0.1, 0.15) is 50.6 Å². The number of aryl methyl sites for hydroxylation is 1. The molecule has 2 aliphatic rings. The van der Waals surface area contributed by atoms with Crippen LogP contribution < -0.4 is 0 Å². The number of hydrogen-bond donors (Lipinski definition) is 0. The molecule has 4 nitrogen and oxygen atoms in total. The molecular formula is C17H24N4S. The van der Waals surface area contributed by atoms with Gasteiger partial charge in [0.2, 0.25) is 0 Å². The Balaban J connectivity index is 1.48. The van der Waals surface area contributed by atoms with Crippen LogP contribution >= 0.6 is 11.3 Å².